The average Bonchev–Trinajstić information content (AvgIpc) is 2.01. The van der Waals surface area contributed by atoms with E-state index >= 15 is 0 Å². The number of carbonyl (C=O) groups is 1. The Kier molecular flexibility index (Phi) is 2.84. The van der Waals surface area contributed by atoms with E-state index in [-0.39, 0.29) is 5.82 Å². The minimum atomic E-state index is -0.510. The van der Waals surface area contributed by atoms with Crippen molar-refractivity contribution in [2.24, 2.45) is 0 Å². The summed E-state index contributed by atoms with van der Waals surface area (Å²) in [6.45, 7) is 7.22. The molecule has 0 aromatic carbocycles. The topological polar surface area (TPSA) is 52.1 Å². The highest BCUT2D eigenvalue weighted by molar-refractivity contribution is 5.85. The molecule has 1 heterocycles. The zero-order valence-electron chi connectivity index (χ0n) is 8.87. The fourth-order valence-electron chi connectivity index (χ4n) is 0.871. The van der Waals surface area contributed by atoms with Crippen LogP contribution in [0.15, 0.2) is 12.3 Å². The van der Waals surface area contributed by atoms with E-state index in [1.165, 1.54) is 0 Å². The predicted octanol–water partition coefficient (Wildman–Crippen LogP) is 1.74. The lowest BCUT2D eigenvalue weighted by Crippen LogP contribution is -2.25. The number of hydrogen-bond acceptors (Lipinski definition) is 4. The second-order valence-electron chi connectivity index (χ2n) is 4.02. The quantitative estimate of drug-likeness (QED) is 0.639. The van der Waals surface area contributed by atoms with Gasteiger partial charge in [-0.1, -0.05) is 0 Å². The fourth-order valence-corrected chi connectivity index (χ4v) is 0.871. The number of carbonyl (C=O) groups excluding carboxylic acids is 1. The van der Waals surface area contributed by atoms with Crippen LogP contribution in [0.5, 0.6) is 0 Å². The molecule has 0 unspecified atom stereocenters. The van der Waals surface area contributed by atoms with Crippen molar-refractivity contribution in [3.05, 3.63) is 23.8 Å². The van der Waals surface area contributed by atoms with Gasteiger partial charge in [-0.2, -0.15) is 0 Å². The Hall–Kier alpha value is -1.45. The Morgan fingerprint density at radius 1 is 1.43 bits per heavy atom. The zero-order chi connectivity index (χ0) is 10.8. The van der Waals surface area contributed by atoms with Crippen molar-refractivity contribution in [3.8, 4) is 0 Å². The summed E-state index contributed by atoms with van der Waals surface area (Å²) in [4.78, 5) is 19.3. The number of hydrogen-bond donors (Lipinski definition) is 0. The molecule has 14 heavy (non-hydrogen) atoms. The second-order valence-corrected chi connectivity index (χ2v) is 4.02. The molecule has 0 saturated heterocycles. The molecular formula is C10H14N2O2. The molecule has 0 aliphatic carbocycles. The standard InChI is InChI=1S/C10H14N2O2/c1-7-5-6-11-8(12-7)9(13)14-10(2,3)4/h5-6H,1-4H3. The summed E-state index contributed by atoms with van der Waals surface area (Å²) < 4.78 is 5.11. The largest absolute Gasteiger partial charge is 0.454 e. The molecule has 0 aliphatic rings. The van der Waals surface area contributed by atoms with Crippen LogP contribution in [0, 0.1) is 6.92 Å². The maximum Gasteiger partial charge on any atom is 0.376 e. The lowest BCUT2D eigenvalue weighted by atomic mass is 10.2. The summed E-state index contributed by atoms with van der Waals surface area (Å²) >= 11 is 0. The Morgan fingerprint density at radius 3 is 2.57 bits per heavy atom. The highest BCUT2D eigenvalue weighted by Crippen LogP contribution is 2.09. The molecule has 0 atom stereocenters. The Balaban J connectivity index is 2.80. The molecule has 0 aliphatic heterocycles. The molecule has 76 valence electrons. The summed E-state index contributed by atoms with van der Waals surface area (Å²) in [6, 6.07) is 1.73. The first kappa shape index (κ1) is 10.6. The van der Waals surface area contributed by atoms with Gasteiger partial charge in [0.2, 0.25) is 5.82 Å². The Bertz CT molecular complexity index is 342. The van der Waals surface area contributed by atoms with Crippen molar-refractivity contribution >= 4 is 5.97 Å². The van der Waals surface area contributed by atoms with Crippen LogP contribution in [0.4, 0.5) is 0 Å². The molecule has 0 radical (unpaired) electrons. The van der Waals surface area contributed by atoms with Gasteiger partial charge in [0.25, 0.3) is 0 Å². The van der Waals surface area contributed by atoms with Crippen molar-refractivity contribution in [2.45, 2.75) is 33.3 Å². The summed E-state index contributed by atoms with van der Waals surface area (Å²) in [5.41, 5.74) is 0.241. The average molecular weight is 194 g/mol. The molecular weight excluding hydrogens is 180 g/mol. The van der Waals surface area contributed by atoms with E-state index in [2.05, 4.69) is 9.97 Å². The molecule has 0 bridgehead atoms. The summed E-state index contributed by atoms with van der Waals surface area (Å²) in [6.07, 6.45) is 1.54. The highest BCUT2D eigenvalue weighted by Gasteiger charge is 2.19. The zero-order valence-corrected chi connectivity index (χ0v) is 8.87. The first-order valence-corrected chi connectivity index (χ1v) is 4.41. The maximum atomic E-state index is 11.5. The van der Waals surface area contributed by atoms with Gasteiger partial charge >= 0.3 is 5.97 Å². The van der Waals surface area contributed by atoms with Crippen LogP contribution in [-0.2, 0) is 4.74 Å². The van der Waals surface area contributed by atoms with Crippen LogP contribution in [0.1, 0.15) is 37.1 Å². The molecule has 0 fully saturated rings. The third-order valence-electron chi connectivity index (χ3n) is 1.38. The van der Waals surface area contributed by atoms with E-state index in [0.717, 1.165) is 5.69 Å². The Morgan fingerprint density at radius 2 is 2.07 bits per heavy atom. The van der Waals surface area contributed by atoms with Crippen LogP contribution >= 0.6 is 0 Å². The normalized spacial score (nSPS) is 11.1. The molecule has 1 aromatic rings. The molecule has 0 spiro atoms. The van der Waals surface area contributed by atoms with Crippen molar-refractivity contribution in [3.63, 3.8) is 0 Å². The minimum Gasteiger partial charge on any atom is -0.454 e. The molecule has 4 nitrogen and oxygen atoms in total. The molecule has 1 aromatic heterocycles. The summed E-state index contributed by atoms with van der Waals surface area (Å²) in [7, 11) is 0. The van der Waals surface area contributed by atoms with E-state index in [0.29, 0.717) is 0 Å². The van der Waals surface area contributed by atoms with Crippen LogP contribution in [0.3, 0.4) is 0 Å². The molecule has 0 N–H and O–H groups in total. The SMILES string of the molecule is Cc1ccnc(C(=O)OC(C)(C)C)n1. The van der Waals surface area contributed by atoms with Crippen molar-refractivity contribution in [2.75, 3.05) is 0 Å². The van der Waals surface area contributed by atoms with Crippen molar-refractivity contribution in [1.82, 2.24) is 9.97 Å². The van der Waals surface area contributed by atoms with Gasteiger partial charge in [-0.3, -0.25) is 0 Å². The van der Waals surface area contributed by atoms with Gasteiger partial charge in [-0.15, -0.1) is 0 Å². The van der Waals surface area contributed by atoms with E-state index in [9.17, 15) is 4.79 Å². The highest BCUT2D eigenvalue weighted by atomic mass is 16.6. The van der Waals surface area contributed by atoms with Crippen LogP contribution < -0.4 is 0 Å². The fraction of sp³-hybridized carbons (Fsp3) is 0.500. The van der Waals surface area contributed by atoms with Gasteiger partial charge in [0.05, 0.1) is 0 Å². The van der Waals surface area contributed by atoms with Crippen LogP contribution in [0.2, 0.25) is 0 Å². The van der Waals surface area contributed by atoms with E-state index in [1.54, 1.807) is 40.0 Å². The predicted molar refractivity (Wildman–Crippen MR) is 51.9 cm³/mol. The first-order valence-electron chi connectivity index (χ1n) is 4.41. The van der Waals surface area contributed by atoms with Gasteiger partial charge in [-0.25, -0.2) is 14.8 Å². The van der Waals surface area contributed by atoms with E-state index in [1.807, 2.05) is 0 Å². The monoisotopic (exact) mass is 194 g/mol. The summed E-state index contributed by atoms with van der Waals surface area (Å²) in [5, 5.41) is 0. The van der Waals surface area contributed by atoms with Crippen LogP contribution in [-0.4, -0.2) is 21.5 Å². The van der Waals surface area contributed by atoms with E-state index in [4.69, 9.17) is 4.74 Å². The number of aromatic nitrogens is 2. The van der Waals surface area contributed by atoms with Crippen molar-refractivity contribution in [1.29, 1.82) is 0 Å². The van der Waals surface area contributed by atoms with Gasteiger partial charge in [0.15, 0.2) is 0 Å². The second kappa shape index (κ2) is 3.74. The third-order valence-corrected chi connectivity index (χ3v) is 1.38. The third kappa shape index (κ3) is 3.12. The van der Waals surface area contributed by atoms with Gasteiger partial charge in [-0.05, 0) is 33.8 Å². The number of rotatable bonds is 1. The number of nitrogens with zero attached hydrogens (tertiary/aromatic N) is 2. The van der Waals surface area contributed by atoms with Gasteiger partial charge < -0.3 is 4.74 Å². The number of aryl methyl sites for hydroxylation is 1. The van der Waals surface area contributed by atoms with Gasteiger partial charge in [0, 0.05) is 11.9 Å². The van der Waals surface area contributed by atoms with Crippen molar-refractivity contribution < 1.29 is 9.53 Å². The minimum absolute atomic E-state index is 0.111. The lowest BCUT2D eigenvalue weighted by molar-refractivity contribution is 0.00552. The molecule has 0 saturated carbocycles. The molecule has 1 rings (SSSR count). The van der Waals surface area contributed by atoms with Gasteiger partial charge in [0.1, 0.15) is 5.60 Å². The summed E-state index contributed by atoms with van der Waals surface area (Å²) in [5.74, 6) is -0.374. The smallest absolute Gasteiger partial charge is 0.376 e. The van der Waals surface area contributed by atoms with Crippen LogP contribution in [0.25, 0.3) is 0 Å². The maximum absolute atomic E-state index is 11.5. The number of esters is 1. The van der Waals surface area contributed by atoms with E-state index < -0.39 is 11.6 Å². The Labute approximate surface area is 83.3 Å². The molecule has 0 amide bonds. The number of ether oxygens (including phenoxy) is 1. The lowest BCUT2D eigenvalue weighted by Gasteiger charge is -2.18. The first-order chi connectivity index (χ1) is 6.38. The molecule has 4 heteroatoms.